The molecule has 342 valence electrons. The first-order chi connectivity index (χ1) is 29.0. The first-order valence-electron chi connectivity index (χ1n) is 22.4. The molecule has 2 bridgehead atoms. The van der Waals surface area contributed by atoms with Crippen LogP contribution in [0.5, 0.6) is 0 Å². The maximum absolute atomic E-state index is 14.4. The van der Waals surface area contributed by atoms with Gasteiger partial charge in [0.2, 0.25) is 5.79 Å². The normalized spacial score (nSPS) is 39.1. The average molecular weight is 874 g/mol. The van der Waals surface area contributed by atoms with E-state index in [-0.39, 0.29) is 49.5 Å². The molecule has 13 nitrogen and oxygen atoms in total. The first kappa shape index (κ1) is 49.2. The largest absolute Gasteiger partial charge is 0.456 e. The monoisotopic (exact) mass is 873 g/mol. The molecule has 2 saturated heterocycles. The summed E-state index contributed by atoms with van der Waals surface area (Å²) >= 11 is 1.59. The standard InChI is InChI=1S/C47H71NO12S/c1-9-34-19-27(2)18-28(3)20-40(56-7)43-41(57-8)22-30(5)47(55,60-43)44(52)45(53)48-16-11-10-12-35(48)46(54)59-42(31(6)36(49)24-37(34)50)29(4)21-32-13-14-39(38(51)23-32)58-25-33-15-17-61-26-33/h15,17,19,21,26,28,30-32,34-36,38-43,49,51,55H,9-14,16,18,20,22-25H2,1-8H3/b27-19+,29-21+/t28-,30-,31+,32-,34+,35-,36-,38+,39+,40-,41-,42+,43+,47?/m0/s1. The molecular formula is C47H71NO12S. The number of carbonyl (C=O) groups is 4. The molecule has 3 N–H and O–H groups in total. The number of nitrogens with zero attached hydrogens (tertiary/aromatic N) is 1. The molecule has 1 aliphatic carbocycles. The second-order valence-electron chi connectivity index (χ2n) is 18.4. The van der Waals surface area contributed by atoms with Gasteiger partial charge in [-0.05, 0) is 118 Å². The molecule has 14 heteroatoms. The van der Waals surface area contributed by atoms with Gasteiger partial charge in [0.15, 0.2) is 0 Å². The number of hydrogen-bond acceptors (Lipinski definition) is 13. The molecule has 61 heavy (non-hydrogen) atoms. The number of aliphatic hydroxyl groups is 3. The lowest BCUT2D eigenvalue weighted by molar-refractivity contribution is -0.302. The number of carbonyl (C=O) groups excluding carboxylic acids is 4. The van der Waals surface area contributed by atoms with Crippen LogP contribution in [0.4, 0.5) is 0 Å². The molecule has 1 amide bonds. The van der Waals surface area contributed by atoms with Crippen LogP contribution in [-0.2, 0) is 49.5 Å². The number of aliphatic hydroxyl groups excluding tert-OH is 2. The van der Waals surface area contributed by atoms with E-state index in [1.807, 2.05) is 49.7 Å². The third-order valence-corrected chi connectivity index (χ3v) is 14.4. The van der Waals surface area contributed by atoms with Gasteiger partial charge in [-0.3, -0.25) is 14.4 Å². The van der Waals surface area contributed by atoms with Crippen molar-refractivity contribution in [2.75, 3.05) is 20.8 Å². The number of rotatable bonds is 8. The number of ketones is 2. The number of methoxy groups -OCH3 is 2. The van der Waals surface area contributed by atoms with Crippen LogP contribution >= 0.6 is 11.3 Å². The number of piperidine rings is 1. The highest BCUT2D eigenvalue weighted by atomic mass is 32.1. The topological polar surface area (TPSA) is 178 Å². The molecule has 0 aromatic carbocycles. The van der Waals surface area contributed by atoms with E-state index in [1.165, 1.54) is 19.1 Å². The van der Waals surface area contributed by atoms with E-state index in [9.17, 15) is 34.5 Å². The lowest BCUT2D eigenvalue weighted by Gasteiger charge is -2.47. The number of cyclic esters (lactones) is 1. The first-order valence-corrected chi connectivity index (χ1v) is 23.3. The minimum atomic E-state index is -2.51. The van der Waals surface area contributed by atoms with Gasteiger partial charge in [0.1, 0.15) is 24.0 Å². The Kier molecular flexibility index (Phi) is 17.9. The zero-order chi connectivity index (χ0) is 44.6. The third-order valence-electron chi connectivity index (χ3n) is 13.6. The lowest BCUT2D eigenvalue weighted by Crippen LogP contribution is -2.64. The van der Waals surface area contributed by atoms with Crippen molar-refractivity contribution in [3.05, 3.63) is 45.7 Å². The van der Waals surface area contributed by atoms with Crippen molar-refractivity contribution in [1.29, 1.82) is 0 Å². The second kappa shape index (κ2) is 22.2. The predicted molar refractivity (Wildman–Crippen MR) is 230 cm³/mol. The fraction of sp³-hybridized carbons (Fsp3) is 0.745. The van der Waals surface area contributed by atoms with Gasteiger partial charge in [-0.1, -0.05) is 45.4 Å². The minimum Gasteiger partial charge on any atom is -0.456 e. The molecule has 5 rings (SSSR count). The Morgan fingerprint density at radius 2 is 1.69 bits per heavy atom. The smallest absolute Gasteiger partial charge is 0.329 e. The van der Waals surface area contributed by atoms with Gasteiger partial charge in [-0.2, -0.15) is 11.3 Å². The van der Waals surface area contributed by atoms with E-state index >= 15 is 0 Å². The molecule has 1 saturated carbocycles. The summed E-state index contributed by atoms with van der Waals surface area (Å²) in [6.45, 7) is 11.7. The fourth-order valence-electron chi connectivity index (χ4n) is 9.92. The number of Topliss-reactive ketones (excluding diaryl/α,β-unsaturated/α-hetero) is 2. The summed E-state index contributed by atoms with van der Waals surface area (Å²) in [6.07, 6.45) is 3.50. The molecule has 1 aromatic heterocycles. The summed E-state index contributed by atoms with van der Waals surface area (Å²) < 4.78 is 30.4. The third kappa shape index (κ3) is 12.1. The van der Waals surface area contributed by atoms with Crippen molar-refractivity contribution in [3.8, 4) is 0 Å². The van der Waals surface area contributed by atoms with Crippen molar-refractivity contribution in [2.45, 2.75) is 173 Å². The molecule has 0 spiro atoms. The van der Waals surface area contributed by atoms with Gasteiger partial charge in [0.25, 0.3) is 11.7 Å². The van der Waals surface area contributed by atoms with Crippen molar-refractivity contribution in [2.24, 2.45) is 29.6 Å². The Bertz CT molecular complexity index is 1700. The van der Waals surface area contributed by atoms with Gasteiger partial charge in [0, 0.05) is 44.9 Å². The maximum atomic E-state index is 14.4. The molecule has 3 fully saturated rings. The minimum absolute atomic E-state index is 0.0297. The van der Waals surface area contributed by atoms with E-state index in [4.69, 9.17) is 23.7 Å². The summed E-state index contributed by atoms with van der Waals surface area (Å²) in [7, 11) is 3.07. The maximum Gasteiger partial charge on any atom is 0.329 e. The average Bonchev–Trinajstić information content (AvgIpc) is 3.77. The second-order valence-corrected chi connectivity index (χ2v) is 19.1. The van der Waals surface area contributed by atoms with Crippen LogP contribution in [0, 0.1) is 29.6 Å². The van der Waals surface area contributed by atoms with Crippen LogP contribution in [0.2, 0.25) is 0 Å². The van der Waals surface area contributed by atoms with Gasteiger partial charge in [-0.25, -0.2) is 4.79 Å². The number of hydrogen-bond donors (Lipinski definition) is 3. The number of esters is 1. The number of amides is 1. The SMILES string of the molecule is CC[C@@H]1/C=C(\C)C[C@H](C)C[C@H](OC)[C@H]2OC(O)(C(=O)C(=O)N3CCCC[C@H]3C(=O)O[C@H](/C(C)=C/[C@@H]3CC[C@@H](OCc4ccsc4)[C@H](O)C3)[C@H](C)[C@@H](O)CC1=O)[C@@H](C)C[C@@H]2OC. The molecule has 4 aliphatic rings. The zero-order valence-electron chi connectivity index (χ0n) is 37.5. The van der Waals surface area contributed by atoms with Crippen LogP contribution in [0.15, 0.2) is 40.1 Å². The fourth-order valence-corrected chi connectivity index (χ4v) is 10.6. The van der Waals surface area contributed by atoms with Crippen molar-refractivity contribution in [3.63, 3.8) is 0 Å². The highest BCUT2D eigenvalue weighted by Crippen LogP contribution is 2.39. The number of thiophene rings is 1. The lowest BCUT2D eigenvalue weighted by atomic mass is 9.81. The van der Waals surface area contributed by atoms with Crippen molar-refractivity contribution < 1.29 is 58.2 Å². The van der Waals surface area contributed by atoms with Crippen LogP contribution in [0.3, 0.4) is 0 Å². The van der Waals surface area contributed by atoms with E-state index in [0.717, 1.165) is 17.6 Å². The molecule has 1 aromatic rings. The van der Waals surface area contributed by atoms with Crippen LogP contribution in [-0.4, -0.2) is 119 Å². The Morgan fingerprint density at radius 1 is 0.967 bits per heavy atom. The van der Waals surface area contributed by atoms with Gasteiger partial charge >= 0.3 is 5.97 Å². The summed E-state index contributed by atoms with van der Waals surface area (Å²) in [4.78, 5) is 58.0. The van der Waals surface area contributed by atoms with Gasteiger partial charge in [0.05, 0.1) is 37.1 Å². The van der Waals surface area contributed by atoms with Gasteiger partial charge < -0.3 is 43.9 Å². The highest BCUT2D eigenvalue weighted by Gasteiger charge is 2.56. The molecule has 14 atom stereocenters. The molecule has 3 aliphatic heterocycles. The van der Waals surface area contributed by atoms with E-state index in [1.54, 1.807) is 25.2 Å². The highest BCUT2D eigenvalue weighted by molar-refractivity contribution is 7.07. The summed E-state index contributed by atoms with van der Waals surface area (Å²) in [6, 6.07) is 0.854. The summed E-state index contributed by atoms with van der Waals surface area (Å²) in [5.74, 6) is -7.64. The van der Waals surface area contributed by atoms with E-state index in [0.29, 0.717) is 57.1 Å². The van der Waals surface area contributed by atoms with Crippen LogP contribution in [0.1, 0.15) is 118 Å². The van der Waals surface area contributed by atoms with E-state index < -0.39 is 83.9 Å². The Balaban J connectivity index is 1.47. The predicted octanol–water partition coefficient (Wildman–Crippen LogP) is 6.10. The van der Waals surface area contributed by atoms with Gasteiger partial charge in [-0.15, -0.1) is 0 Å². The summed E-state index contributed by atoms with van der Waals surface area (Å²) in [5, 5.41) is 38.9. The molecule has 1 unspecified atom stereocenters. The quantitative estimate of drug-likeness (QED) is 0.156. The van der Waals surface area contributed by atoms with Crippen molar-refractivity contribution in [1.82, 2.24) is 4.90 Å². The van der Waals surface area contributed by atoms with Crippen LogP contribution < -0.4 is 0 Å². The Hall–Kier alpha value is -2.82. The number of allylic oxidation sites excluding steroid dienone is 3. The van der Waals surface area contributed by atoms with Crippen LogP contribution in [0.25, 0.3) is 0 Å². The molecule has 4 heterocycles. The Morgan fingerprint density at radius 3 is 2.34 bits per heavy atom. The van der Waals surface area contributed by atoms with E-state index in [2.05, 4.69) is 6.92 Å². The number of fused-ring (bicyclic) bond motifs is 3. The zero-order valence-corrected chi connectivity index (χ0v) is 38.3. The number of ether oxygens (including phenoxy) is 5. The summed E-state index contributed by atoms with van der Waals surface area (Å²) in [5.41, 5.74) is 2.70. The molecule has 0 radical (unpaired) electrons. The molecular weight excluding hydrogens is 803 g/mol. The Labute approximate surface area is 366 Å². The van der Waals surface area contributed by atoms with Crippen molar-refractivity contribution >= 4 is 34.8 Å².